The zero-order valence-corrected chi connectivity index (χ0v) is 18.2. The van der Waals surface area contributed by atoms with Gasteiger partial charge in [-0.2, -0.15) is 0 Å². The molecule has 0 radical (unpaired) electrons. The van der Waals surface area contributed by atoms with Crippen molar-refractivity contribution >= 4 is 49.9 Å². The van der Waals surface area contributed by atoms with Crippen LogP contribution >= 0.6 is 11.6 Å². The molecule has 33 heavy (non-hydrogen) atoms. The lowest BCUT2D eigenvalue weighted by molar-refractivity contribution is -0.384. The highest BCUT2D eigenvalue weighted by atomic mass is 35.5. The lowest BCUT2D eigenvalue weighted by atomic mass is 10.0. The molecule has 1 aromatic heterocycles. The van der Waals surface area contributed by atoms with Gasteiger partial charge in [0.2, 0.25) is 0 Å². The number of halogens is 1. The third-order valence-corrected chi connectivity index (χ3v) is 6.57. The minimum atomic E-state index is -0.336. The van der Waals surface area contributed by atoms with Gasteiger partial charge in [0.05, 0.1) is 32.2 Å². The quantitative estimate of drug-likeness (QED) is 0.202. The van der Waals surface area contributed by atoms with E-state index in [1.807, 2.05) is 60.7 Å². The number of benzene rings is 5. The molecule has 0 N–H and O–H groups in total. The highest BCUT2D eigenvalue weighted by Crippen LogP contribution is 2.39. The predicted octanol–water partition coefficient (Wildman–Crippen LogP) is 8.17. The van der Waals surface area contributed by atoms with Crippen LogP contribution in [0.4, 0.5) is 5.69 Å². The van der Waals surface area contributed by atoms with Crippen molar-refractivity contribution in [1.29, 1.82) is 0 Å². The molecule has 6 aromatic rings. The van der Waals surface area contributed by atoms with Crippen molar-refractivity contribution in [3.63, 3.8) is 0 Å². The minimum Gasteiger partial charge on any atom is -0.308 e. The fourth-order valence-corrected chi connectivity index (χ4v) is 4.99. The molecule has 0 aliphatic heterocycles. The Morgan fingerprint density at radius 1 is 0.697 bits per heavy atom. The molecule has 6 rings (SSSR count). The van der Waals surface area contributed by atoms with Gasteiger partial charge >= 0.3 is 0 Å². The van der Waals surface area contributed by atoms with Gasteiger partial charge in [-0.05, 0) is 41.3 Å². The van der Waals surface area contributed by atoms with E-state index in [9.17, 15) is 10.1 Å². The number of nitrogens with zero attached hydrogens (tertiary/aromatic N) is 2. The maximum Gasteiger partial charge on any atom is 0.277 e. The van der Waals surface area contributed by atoms with E-state index < -0.39 is 0 Å². The summed E-state index contributed by atoms with van der Waals surface area (Å²) in [5.74, 6) is 0. The van der Waals surface area contributed by atoms with Crippen LogP contribution in [0.1, 0.15) is 0 Å². The van der Waals surface area contributed by atoms with E-state index in [4.69, 9.17) is 11.6 Å². The lowest BCUT2D eigenvalue weighted by Crippen LogP contribution is -1.96. The molecule has 158 valence electrons. The van der Waals surface area contributed by atoms with E-state index in [1.165, 1.54) is 6.07 Å². The summed E-state index contributed by atoms with van der Waals surface area (Å²) in [5, 5.41) is 16.5. The average molecular weight is 449 g/mol. The van der Waals surface area contributed by atoms with Crippen LogP contribution in [0, 0.1) is 10.1 Å². The number of aromatic nitrogens is 1. The second-order valence-electron chi connectivity index (χ2n) is 7.98. The van der Waals surface area contributed by atoms with Gasteiger partial charge in [0.25, 0.3) is 5.69 Å². The standard InChI is InChI=1S/C28H17ClN2O2/c29-28-21-9-2-1-7-18(21)13-16-27(28)30-24-11-5-4-10-22(24)23-17-19(14-15-25(23)30)20-8-3-6-12-26(20)31(32)33/h1-17H. The molecule has 0 amide bonds. The number of hydrogen-bond donors (Lipinski definition) is 0. The van der Waals surface area contributed by atoms with Crippen molar-refractivity contribution in [1.82, 2.24) is 4.57 Å². The Morgan fingerprint density at radius 2 is 1.39 bits per heavy atom. The average Bonchev–Trinajstić information content (AvgIpc) is 3.18. The van der Waals surface area contributed by atoms with Crippen molar-refractivity contribution < 1.29 is 4.92 Å². The first kappa shape index (κ1) is 19.5. The maximum atomic E-state index is 11.6. The van der Waals surface area contributed by atoms with Gasteiger partial charge in [-0.3, -0.25) is 10.1 Å². The van der Waals surface area contributed by atoms with Crippen LogP contribution in [-0.2, 0) is 0 Å². The minimum absolute atomic E-state index is 0.0955. The van der Waals surface area contributed by atoms with E-state index in [1.54, 1.807) is 12.1 Å². The molecule has 0 aliphatic rings. The van der Waals surface area contributed by atoms with Gasteiger partial charge in [-0.25, -0.2) is 0 Å². The monoisotopic (exact) mass is 448 g/mol. The third-order valence-electron chi connectivity index (χ3n) is 6.17. The summed E-state index contributed by atoms with van der Waals surface area (Å²) in [6, 6.07) is 33.2. The van der Waals surface area contributed by atoms with Crippen LogP contribution in [0.5, 0.6) is 0 Å². The van der Waals surface area contributed by atoms with Crippen molar-refractivity contribution in [2.75, 3.05) is 0 Å². The highest BCUT2D eigenvalue weighted by molar-refractivity contribution is 6.37. The van der Waals surface area contributed by atoms with Crippen LogP contribution in [0.2, 0.25) is 5.02 Å². The Morgan fingerprint density at radius 3 is 2.24 bits per heavy atom. The number of hydrogen-bond acceptors (Lipinski definition) is 2. The van der Waals surface area contributed by atoms with Gasteiger partial charge in [-0.15, -0.1) is 0 Å². The fraction of sp³-hybridized carbons (Fsp3) is 0. The molecule has 0 bridgehead atoms. The van der Waals surface area contributed by atoms with Crippen molar-refractivity contribution in [3.8, 4) is 16.8 Å². The topological polar surface area (TPSA) is 48.1 Å². The fourth-order valence-electron chi connectivity index (χ4n) is 4.67. The molecule has 0 aliphatic carbocycles. The molecule has 0 saturated carbocycles. The van der Waals surface area contributed by atoms with Crippen LogP contribution in [0.25, 0.3) is 49.4 Å². The molecular weight excluding hydrogens is 432 g/mol. The predicted molar refractivity (Wildman–Crippen MR) is 135 cm³/mol. The molecule has 0 unspecified atom stereocenters. The summed E-state index contributed by atoms with van der Waals surface area (Å²) >= 11 is 6.92. The van der Waals surface area contributed by atoms with Crippen LogP contribution in [-0.4, -0.2) is 9.49 Å². The van der Waals surface area contributed by atoms with Crippen LogP contribution in [0.3, 0.4) is 0 Å². The van der Waals surface area contributed by atoms with Gasteiger partial charge < -0.3 is 4.57 Å². The lowest BCUT2D eigenvalue weighted by Gasteiger charge is -2.12. The highest BCUT2D eigenvalue weighted by Gasteiger charge is 2.18. The third kappa shape index (κ3) is 2.99. The van der Waals surface area contributed by atoms with Gasteiger partial charge in [-0.1, -0.05) is 78.3 Å². The first-order chi connectivity index (χ1) is 16.1. The van der Waals surface area contributed by atoms with Crippen molar-refractivity contribution in [2.45, 2.75) is 0 Å². The Balaban J connectivity index is 1.67. The summed E-state index contributed by atoms with van der Waals surface area (Å²) in [4.78, 5) is 11.3. The largest absolute Gasteiger partial charge is 0.308 e. The molecule has 0 saturated heterocycles. The summed E-state index contributed by atoms with van der Waals surface area (Å²) in [6.07, 6.45) is 0. The van der Waals surface area contributed by atoms with Gasteiger partial charge in [0.1, 0.15) is 0 Å². The number of fused-ring (bicyclic) bond motifs is 4. The molecule has 1 heterocycles. The van der Waals surface area contributed by atoms with Gasteiger partial charge in [0.15, 0.2) is 0 Å². The number of nitro groups is 1. The second-order valence-corrected chi connectivity index (χ2v) is 8.36. The summed E-state index contributed by atoms with van der Waals surface area (Å²) < 4.78 is 2.17. The number of rotatable bonds is 3. The van der Waals surface area contributed by atoms with E-state index in [-0.39, 0.29) is 10.6 Å². The smallest absolute Gasteiger partial charge is 0.277 e. The molecule has 5 aromatic carbocycles. The maximum absolute atomic E-state index is 11.6. The van der Waals surface area contributed by atoms with Crippen molar-refractivity contribution in [3.05, 3.63) is 118 Å². The van der Waals surface area contributed by atoms with E-state index >= 15 is 0 Å². The summed E-state index contributed by atoms with van der Waals surface area (Å²) in [5.41, 5.74) is 4.44. The van der Waals surface area contributed by atoms with Crippen molar-refractivity contribution in [2.24, 2.45) is 0 Å². The molecule has 0 fully saturated rings. The Labute approximate surface area is 194 Å². The second kappa shape index (κ2) is 7.47. The Hall–Kier alpha value is -4.15. The first-order valence-electron chi connectivity index (χ1n) is 10.6. The number of nitro benzene ring substituents is 1. The first-order valence-corrected chi connectivity index (χ1v) is 11.0. The van der Waals surface area contributed by atoms with Crippen LogP contribution in [0.15, 0.2) is 103 Å². The van der Waals surface area contributed by atoms with Gasteiger partial charge in [0, 0.05) is 22.2 Å². The normalized spacial score (nSPS) is 11.4. The molecular formula is C28H17ClN2O2. The number of para-hydroxylation sites is 2. The summed E-state index contributed by atoms with van der Waals surface area (Å²) in [6.45, 7) is 0. The van der Waals surface area contributed by atoms with E-state index in [2.05, 4.69) is 28.8 Å². The van der Waals surface area contributed by atoms with E-state index in [0.29, 0.717) is 10.6 Å². The zero-order chi connectivity index (χ0) is 22.5. The Kier molecular flexibility index (Phi) is 4.42. The molecule has 0 atom stereocenters. The molecule has 0 spiro atoms. The molecule has 5 heteroatoms. The SMILES string of the molecule is O=[N+]([O-])c1ccccc1-c1ccc2c(c1)c1ccccc1n2-c1ccc2ccccc2c1Cl. The summed E-state index contributed by atoms with van der Waals surface area (Å²) in [7, 11) is 0. The van der Waals surface area contributed by atoms with Crippen LogP contribution < -0.4 is 0 Å². The zero-order valence-electron chi connectivity index (χ0n) is 17.4. The Bertz CT molecular complexity index is 1720. The molecule has 4 nitrogen and oxygen atoms in total. The van der Waals surface area contributed by atoms with E-state index in [0.717, 1.165) is 43.8 Å².